The van der Waals surface area contributed by atoms with Crippen molar-refractivity contribution in [3.63, 3.8) is 0 Å². The van der Waals surface area contributed by atoms with Gasteiger partial charge in [-0.3, -0.25) is 24.6 Å². The van der Waals surface area contributed by atoms with E-state index in [4.69, 9.17) is 16.4 Å². The monoisotopic (exact) mass is 708 g/mol. The number of fused-ring (bicyclic) bond motifs is 2. The number of aromatic carboxylic acids is 1. The Bertz CT molecular complexity index is 1810. The Balaban J connectivity index is 1.31. The number of carboxylic acid groups (broad SMARTS) is 2. The molecule has 2 fully saturated rings. The van der Waals surface area contributed by atoms with Crippen LogP contribution in [0.5, 0.6) is 0 Å². The molecular formula is C25H28N10O9S3. The third-order valence-electron chi connectivity index (χ3n) is 7.29. The number of carboxylic acids is 2. The number of carbonyl (C=O) groups excluding carboxylic acids is 3. The number of nitrogen functional groups attached to an aromatic ring is 1. The zero-order chi connectivity index (χ0) is 34.3. The number of oxime groups is 1. The molecule has 3 amide bonds. The molecule has 2 aliphatic heterocycles. The van der Waals surface area contributed by atoms with Gasteiger partial charge >= 0.3 is 11.9 Å². The number of nitrogens with one attached hydrogen (secondary N) is 2. The van der Waals surface area contributed by atoms with Crippen LogP contribution in [0.1, 0.15) is 35.6 Å². The van der Waals surface area contributed by atoms with Crippen molar-refractivity contribution >= 4 is 81.0 Å². The number of anilines is 1. The highest BCUT2D eigenvalue weighted by Crippen LogP contribution is 2.44. The van der Waals surface area contributed by atoms with E-state index in [2.05, 4.69) is 25.5 Å². The van der Waals surface area contributed by atoms with Crippen LogP contribution in [0, 0.1) is 5.41 Å². The van der Waals surface area contributed by atoms with Gasteiger partial charge in [-0.1, -0.05) is 5.16 Å². The molecule has 47 heavy (non-hydrogen) atoms. The van der Waals surface area contributed by atoms with Gasteiger partial charge in [0.1, 0.15) is 33.1 Å². The second kappa shape index (κ2) is 12.9. The maximum atomic E-state index is 13.4. The number of β-lactam (4-membered cyclic amide) rings is 1. The summed E-state index contributed by atoms with van der Waals surface area (Å²) in [5.74, 6) is 0.687. The van der Waals surface area contributed by atoms with E-state index in [1.54, 1.807) is 0 Å². The lowest BCUT2D eigenvalue weighted by Crippen LogP contribution is -2.74. The highest BCUT2D eigenvalue weighted by atomic mass is 32.2. The second-order valence-corrected chi connectivity index (χ2v) is 13.9. The van der Waals surface area contributed by atoms with Gasteiger partial charge in [0.05, 0.1) is 18.5 Å². The smallest absolute Gasteiger partial charge is 0.341 e. The van der Waals surface area contributed by atoms with E-state index in [0.29, 0.717) is 5.03 Å². The SMILES string of the molecule is CC(C)(ON=C(C(=O)NC1C(=O)N2CC(CSc3cc(CO)nc4c(C(=O)O)cnn34)(C(=O)O)CS[C@H]12)c1csc(N)n1)C(=O)NN. The first-order valence-electron chi connectivity index (χ1n) is 13.5. The number of nitrogens with two attached hydrogens (primary N) is 2. The molecule has 5 heterocycles. The van der Waals surface area contributed by atoms with Crippen molar-refractivity contribution in [3.8, 4) is 0 Å². The summed E-state index contributed by atoms with van der Waals surface area (Å²) in [7, 11) is 0. The Morgan fingerprint density at radius 3 is 2.64 bits per heavy atom. The maximum Gasteiger partial charge on any atom is 0.341 e. The number of aliphatic carboxylic acids is 1. The average molecular weight is 709 g/mol. The summed E-state index contributed by atoms with van der Waals surface area (Å²) >= 11 is 3.26. The van der Waals surface area contributed by atoms with Gasteiger partial charge in [0.25, 0.3) is 11.8 Å². The van der Waals surface area contributed by atoms with E-state index in [1.807, 2.05) is 5.43 Å². The maximum absolute atomic E-state index is 13.4. The molecule has 3 atom stereocenters. The van der Waals surface area contributed by atoms with Crippen LogP contribution in [0.15, 0.2) is 27.8 Å². The van der Waals surface area contributed by atoms with E-state index in [9.17, 15) is 39.3 Å². The van der Waals surface area contributed by atoms with E-state index < -0.39 is 58.7 Å². The first-order chi connectivity index (χ1) is 22.2. The van der Waals surface area contributed by atoms with Crippen molar-refractivity contribution < 1.29 is 44.1 Å². The number of carbonyl (C=O) groups is 5. The molecule has 9 N–H and O–H groups in total. The van der Waals surface area contributed by atoms with Crippen LogP contribution >= 0.6 is 34.9 Å². The molecule has 22 heteroatoms. The quantitative estimate of drug-likeness (QED) is 0.0219. The lowest BCUT2D eigenvalue weighted by Gasteiger charge is -2.53. The largest absolute Gasteiger partial charge is 0.481 e. The van der Waals surface area contributed by atoms with Gasteiger partial charge in [-0.2, -0.15) is 5.10 Å². The summed E-state index contributed by atoms with van der Waals surface area (Å²) in [4.78, 5) is 77.7. The Morgan fingerprint density at radius 2 is 2.02 bits per heavy atom. The third-order valence-corrected chi connectivity index (χ3v) is 10.8. The van der Waals surface area contributed by atoms with E-state index in [1.165, 1.54) is 34.7 Å². The second-order valence-electron chi connectivity index (χ2n) is 10.9. The van der Waals surface area contributed by atoms with Gasteiger partial charge in [-0.05, 0) is 19.9 Å². The number of aliphatic hydroxyl groups is 1. The lowest BCUT2D eigenvalue weighted by atomic mass is 9.89. The minimum atomic E-state index is -1.57. The van der Waals surface area contributed by atoms with Crippen LogP contribution in [-0.2, 0) is 30.6 Å². The normalized spacial score (nSPS) is 21.1. The molecule has 3 aromatic rings. The molecule has 0 aromatic carbocycles. The molecule has 0 spiro atoms. The predicted octanol–water partition coefficient (Wildman–Crippen LogP) is -1.29. The fourth-order valence-corrected chi connectivity index (χ4v) is 8.06. The number of nitrogens with zero attached hydrogens (tertiary/aromatic N) is 6. The summed E-state index contributed by atoms with van der Waals surface area (Å²) in [6.07, 6.45) is 1.11. The van der Waals surface area contributed by atoms with Gasteiger partial charge in [0.2, 0.25) is 11.5 Å². The van der Waals surface area contributed by atoms with E-state index >= 15 is 0 Å². The van der Waals surface area contributed by atoms with Gasteiger partial charge in [-0.25, -0.2) is 25.1 Å². The Hall–Kier alpha value is -4.51. The predicted molar refractivity (Wildman–Crippen MR) is 167 cm³/mol. The molecule has 2 unspecified atom stereocenters. The number of aliphatic hydroxyl groups excluding tert-OH is 1. The molecule has 250 valence electrons. The number of thiazole rings is 1. The van der Waals surface area contributed by atoms with Gasteiger partial charge in [0.15, 0.2) is 16.5 Å². The van der Waals surface area contributed by atoms with Gasteiger partial charge < -0.3 is 36.1 Å². The summed E-state index contributed by atoms with van der Waals surface area (Å²) in [6.45, 7) is 2.08. The minimum Gasteiger partial charge on any atom is -0.481 e. The van der Waals surface area contributed by atoms with Crippen molar-refractivity contribution in [3.05, 3.63) is 34.6 Å². The molecule has 2 saturated heterocycles. The molecule has 2 aliphatic rings. The third kappa shape index (κ3) is 6.41. The number of thioether (sulfide) groups is 2. The molecular weight excluding hydrogens is 681 g/mol. The van der Waals surface area contributed by atoms with Crippen molar-refractivity contribution in [1.82, 2.24) is 35.2 Å². The first kappa shape index (κ1) is 33.8. The van der Waals surface area contributed by atoms with Crippen molar-refractivity contribution in [2.45, 2.75) is 42.5 Å². The fourth-order valence-electron chi connectivity index (χ4n) is 4.62. The highest BCUT2D eigenvalue weighted by molar-refractivity contribution is 8.00. The van der Waals surface area contributed by atoms with Crippen LogP contribution in [0.2, 0.25) is 0 Å². The standard InChI is InChI=1S/C25H28N10O9S3/c1-24(2,21(41)32-27)44-33-14(12-6-45-23(26)30-12)17(37)31-15-18(38)34-7-25(22(42)43,9-47-19(15)34)8-46-13-3-10(5-36)29-16-11(20(39)40)4-28-35(13)16/h3-4,6,15,19,36H,5,7-9,27H2,1-2H3,(H2,26,30)(H,31,37)(H,32,41)(H,39,40)(H,42,43)/t15?,19-,25?/m1/s1. The zero-order valence-corrected chi connectivity index (χ0v) is 27.0. The van der Waals surface area contributed by atoms with Crippen LogP contribution in [0.25, 0.3) is 5.65 Å². The summed E-state index contributed by atoms with van der Waals surface area (Å²) in [5, 5.41) is 41.3. The zero-order valence-electron chi connectivity index (χ0n) is 24.6. The molecule has 19 nitrogen and oxygen atoms in total. The van der Waals surface area contributed by atoms with Crippen molar-refractivity contribution in [2.24, 2.45) is 16.4 Å². The van der Waals surface area contributed by atoms with Crippen LogP contribution in [-0.4, -0.2) is 110 Å². The minimum absolute atomic E-state index is 0.00892. The highest BCUT2D eigenvalue weighted by Gasteiger charge is 2.57. The molecule has 5 rings (SSSR count). The van der Waals surface area contributed by atoms with Crippen LogP contribution < -0.4 is 22.3 Å². The van der Waals surface area contributed by atoms with Crippen molar-refractivity contribution in [2.75, 3.05) is 23.8 Å². The molecule has 0 radical (unpaired) electrons. The average Bonchev–Trinajstić information content (AvgIpc) is 3.68. The van der Waals surface area contributed by atoms with Gasteiger partial charge in [0, 0.05) is 23.4 Å². The number of rotatable bonds is 12. The molecule has 0 bridgehead atoms. The van der Waals surface area contributed by atoms with Crippen LogP contribution in [0.4, 0.5) is 5.13 Å². The Morgan fingerprint density at radius 1 is 1.28 bits per heavy atom. The van der Waals surface area contributed by atoms with E-state index in [-0.39, 0.29) is 51.5 Å². The van der Waals surface area contributed by atoms with Gasteiger partial charge in [-0.15, -0.1) is 34.9 Å². The number of aromatic nitrogens is 4. The Labute approximate surface area is 277 Å². The summed E-state index contributed by atoms with van der Waals surface area (Å²) in [5.41, 5.74) is 4.33. The topological polar surface area (TPSA) is 290 Å². The van der Waals surface area contributed by atoms with E-state index in [0.717, 1.165) is 41.1 Å². The lowest BCUT2D eigenvalue weighted by molar-refractivity contribution is -0.157. The number of amides is 3. The van der Waals surface area contributed by atoms with Crippen LogP contribution in [0.3, 0.4) is 0 Å². The molecule has 0 saturated carbocycles. The summed E-state index contributed by atoms with van der Waals surface area (Å²) < 4.78 is 1.25. The first-order valence-corrected chi connectivity index (χ1v) is 16.4. The molecule has 3 aromatic heterocycles. The summed E-state index contributed by atoms with van der Waals surface area (Å²) in [6, 6.07) is 0.451. The fraction of sp³-hybridized carbons (Fsp3) is 0.400. The Kier molecular flexibility index (Phi) is 9.32. The van der Waals surface area contributed by atoms with Crippen molar-refractivity contribution in [1.29, 1.82) is 0 Å². The molecule has 0 aliphatic carbocycles. The number of hydrogen-bond donors (Lipinski definition) is 7. The number of hydrogen-bond acceptors (Lipinski definition) is 16. The number of hydrazine groups is 1.